The maximum Gasteiger partial charge on any atom is 0.357 e. The fourth-order valence-corrected chi connectivity index (χ4v) is 1.58. The van der Waals surface area contributed by atoms with Gasteiger partial charge in [-0.05, 0) is 42.5 Å². The fraction of sp³-hybridized carbons (Fsp3) is 0.400. The molecule has 1 aromatic rings. The number of aromatic nitrogens is 1. The van der Waals surface area contributed by atoms with Gasteiger partial charge in [-0.25, -0.2) is 18.6 Å². The largest absolute Gasteiger partial charge is 0.461 e. The van der Waals surface area contributed by atoms with E-state index in [1.54, 1.807) is 13.8 Å². The molecule has 3 nitrogen and oxygen atoms in total. The number of hydrogen-bond donors (Lipinski definition) is 0. The molecule has 6 heteroatoms. The number of hydrogen-bond acceptors (Lipinski definition) is 3. The van der Waals surface area contributed by atoms with Gasteiger partial charge < -0.3 is 4.74 Å². The summed E-state index contributed by atoms with van der Waals surface area (Å²) in [5.41, 5.74) is -0.142. The van der Waals surface area contributed by atoms with Crippen LogP contribution < -0.4 is 0 Å². The van der Waals surface area contributed by atoms with Gasteiger partial charge in [0.25, 0.3) is 6.43 Å². The highest BCUT2D eigenvalue weighted by Gasteiger charge is 2.22. The van der Waals surface area contributed by atoms with Gasteiger partial charge in [0, 0.05) is 3.57 Å². The van der Waals surface area contributed by atoms with E-state index in [4.69, 9.17) is 0 Å². The molecule has 0 aliphatic rings. The smallest absolute Gasteiger partial charge is 0.357 e. The van der Waals surface area contributed by atoms with Crippen molar-refractivity contribution in [3.8, 4) is 0 Å². The summed E-state index contributed by atoms with van der Waals surface area (Å²) in [6.45, 7) is 3.40. The number of pyridine rings is 1. The molecule has 0 radical (unpaired) electrons. The molecule has 1 rings (SSSR count). The van der Waals surface area contributed by atoms with Crippen molar-refractivity contribution in [2.75, 3.05) is 6.61 Å². The Balaban J connectivity index is 3.24. The normalized spacial score (nSPS) is 10.6. The number of aryl methyl sites for hydroxylation is 1. The van der Waals surface area contributed by atoms with Crippen molar-refractivity contribution in [1.29, 1.82) is 0 Å². The quantitative estimate of drug-likeness (QED) is 0.627. The van der Waals surface area contributed by atoms with Gasteiger partial charge in [-0.2, -0.15) is 0 Å². The highest BCUT2D eigenvalue weighted by Crippen LogP contribution is 2.25. The van der Waals surface area contributed by atoms with Crippen molar-refractivity contribution >= 4 is 28.6 Å². The Hall–Kier alpha value is -0.790. The summed E-state index contributed by atoms with van der Waals surface area (Å²) in [4.78, 5) is 15.3. The molecule has 0 spiro atoms. The number of esters is 1. The third-order valence-corrected chi connectivity index (χ3v) is 2.98. The molecule has 0 fully saturated rings. The highest BCUT2D eigenvalue weighted by atomic mass is 127. The lowest BCUT2D eigenvalue weighted by molar-refractivity contribution is 0.0507. The van der Waals surface area contributed by atoms with Crippen LogP contribution in [0.3, 0.4) is 0 Å². The van der Waals surface area contributed by atoms with E-state index < -0.39 is 12.4 Å². The van der Waals surface area contributed by atoms with Gasteiger partial charge in [-0.3, -0.25) is 0 Å². The highest BCUT2D eigenvalue weighted by molar-refractivity contribution is 14.1. The summed E-state index contributed by atoms with van der Waals surface area (Å²) in [6.07, 6.45) is -2.74. The molecule has 0 amide bonds. The van der Waals surface area contributed by atoms with Gasteiger partial charge in [0.05, 0.1) is 17.9 Å². The second kappa shape index (κ2) is 5.51. The molecule has 0 bridgehead atoms. The second-order valence-corrected chi connectivity index (χ2v) is 4.18. The zero-order chi connectivity index (χ0) is 12.3. The minimum atomic E-state index is -2.74. The van der Waals surface area contributed by atoms with E-state index in [9.17, 15) is 13.6 Å². The van der Waals surface area contributed by atoms with Crippen LogP contribution in [0.2, 0.25) is 0 Å². The van der Waals surface area contributed by atoms with Gasteiger partial charge in [0.15, 0.2) is 5.69 Å². The van der Waals surface area contributed by atoms with Crippen LogP contribution in [0.1, 0.15) is 35.1 Å². The minimum Gasteiger partial charge on any atom is -0.461 e. The standard InChI is InChI=1S/C10H10F2INO2/c1-3-16-10(15)8-6(9(11)12)4-7(13)5(2)14-8/h4,9H,3H2,1-2H3. The number of ether oxygens (including phenoxy) is 1. The zero-order valence-electron chi connectivity index (χ0n) is 8.76. The van der Waals surface area contributed by atoms with Crippen molar-refractivity contribution in [3.63, 3.8) is 0 Å². The zero-order valence-corrected chi connectivity index (χ0v) is 10.9. The second-order valence-electron chi connectivity index (χ2n) is 3.01. The van der Waals surface area contributed by atoms with Crippen LogP contribution in [-0.2, 0) is 4.74 Å². The van der Waals surface area contributed by atoms with Gasteiger partial charge in [-0.1, -0.05) is 0 Å². The lowest BCUT2D eigenvalue weighted by Gasteiger charge is -2.09. The summed E-state index contributed by atoms with van der Waals surface area (Å²) in [6, 6.07) is 1.26. The summed E-state index contributed by atoms with van der Waals surface area (Å²) in [5, 5.41) is 0. The van der Waals surface area contributed by atoms with Crippen LogP contribution in [0, 0.1) is 10.5 Å². The Kier molecular flexibility index (Phi) is 4.57. The molecule has 0 atom stereocenters. The number of nitrogens with zero attached hydrogens (tertiary/aromatic N) is 1. The Morgan fingerprint density at radius 3 is 2.75 bits per heavy atom. The third-order valence-electron chi connectivity index (χ3n) is 1.88. The Morgan fingerprint density at radius 1 is 1.62 bits per heavy atom. The van der Waals surface area contributed by atoms with Crippen molar-refractivity contribution in [3.05, 3.63) is 26.6 Å². The molecule has 0 aliphatic carbocycles. The predicted molar refractivity (Wildman–Crippen MR) is 62.6 cm³/mol. The topological polar surface area (TPSA) is 39.2 Å². The van der Waals surface area contributed by atoms with Gasteiger partial charge in [0.1, 0.15) is 0 Å². The van der Waals surface area contributed by atoms with Crippen molar-refractivity contribution < 1.29 is 18.3 Å². The lowest BCUT2D eigenvalue weighted by Crippen LogP contribution is -2.12. The molecule has 0 saturated carbocycles. The number of alkyl halides is 2. The Labute approximate surface area is 105 Å². The van der Waals surface area contributed by atoms with Gasteiger partial charge in [0.2, 0.25) is 0 Å². The molecule has 16 heavy (non-hydrogen) atoms. The fourth-order valence-electron chi connectivity index (χ4n) is 1.12. The van der Waals surface area contributed by atoms with E-state index in [-0.39, 0.29) is 17.9 Å². The van der Waals surface area contributed by atoms with Crippen LogP contribution >= 0.6 is 22.6 Å². The van der Waals surface area contributed by atoms with E-state index in [0.717, 1.165) is 0 Å². The number of rotatable bonds is 3. The summed E-state index contributed by atoms with van der Waals surface area (Å²) in [7, 11) is 0. The average molecular weight is 341 g/mol. The summed E-state index contributed by atoms with van der Waals surface area (Å²) in [5.74, 6) is -0.808. The van der Waals surface area contributed by atoms with Crippen LogP contribution in [0.5, 0.6) is 0 Å². The molecule has 0 N–H and O–H groups in total. The van der Waals surface area contributed by atoms with Gasteiger partial charge >= 0.3 is 5.97 Å². The first-order valence-corrected chi connectivity index (χ1v) is 5.67. The molecule has 0 aliphatic heterocycles. The van der Waals surface area contributed by atoms with Crippen LogP contribution in [0.15, 0.2) is 6.07 Å². The predicted octanol–water partition coefficient (Wildman–Crippen LogP) is 3.11. The molecule has 1 aromatic heterocycles. The Bertz CT molecular complexity index is 410. The first-order valence-electron chi connectivity index (χ1n) is 4.59. The van der Waals surface area contributed by atoms with E-state index >= 15 is 0 Å². The first-order chi connectivity index (χ1) is 7.47. The van der Waals surface area contributed by atoms with Gasteiger partial charge in [-0.15, -0.1) is 0 Å². The molecule has 0 aromatic carbocycles. The monoisotopic (exact) mass is 341 g/mol. The van der Waals surface area contributed by atoms with Crippen LogP contribution in [0.4, 0.5) is 8.78 Å². The SMILES string of the molecule is CCOC(=O)c1nc(C)c(I)cc1C(F)F. The third kappa shape index (κ3) is 2.87. The molecule has 1 heterocycles. The van der Waals surface area contributed by atoms with Crippen molar-refractivity contribution in [2.24, 2.45) is 0 Å². The lowest BCUT2D eigenvalue weighted by atomic mass is 10.2. The maximum absolute atomic E-state index is 12.7. The van der Waals surface area contributed by atoms with Crippen molar-refractivity contribution in [1.82, 2.24) is 4.98 Å². The average Bonchev–Trinajstić information content (AvgIpc) is 2.21. The summed E-state index contributed by atoms with van der Waals surface area (Å²) >= 11 is 1.90. The van der Waals surface area contributed by atoms with E-state index in [1.807, 2.05) is 22.6 Å². The van der Waals surface area contributed by atoms with Crippen molar-refractivity contribution in [2.45, 2.75) is 20.3 Å². The Morgan fingerprint density at radius 2 is 2.25 bits per heavy atom. The number of carbonyl (C=O) groups excluding carboxylic acids is 1. The van der Waals surface area contributed by atoms with E-state index in [0.29, 0.717) is 9.26 Å². The molecular weight excluding hydrogens is 331 g/mol. The minimum absolute atomic E-state index is 0.133. The van der Waals surface area contributed by atoms with E-state index in [2.05, 4.69) is 9.72 Å². The first kappa shape index (κ1) is 13.3. The molecule has 0 saturated heterocycles. The van der Waals surface area contributed by atoms with Crippen LogP contribution in [0.25, 0.3) is 0 Å². The maximum atomic E-state index is 12.7. The van der Waals surface area contributed by atoms with E-state index in [1.165, 1.54) is 6.07 Å². The molecule has 88 valence electrons. The number of halogens is 3. The molecular formula is C10H10F2INO2. The molecule has 0 unspecified atom stereocenters. The number of carbonyl (C=O) groups is 1. The van der Waals surface area contributed by atoms with Crippen LogP contribution in [-0.4, -0.2) is 17.6 Å². The summed E-state index contributed by atoms with van der Waals surface area (Å²) < 4.78 is 30.7.